The molecule has 29 N–H and O–H groups in total. The molecule has 9 heterocycles. The Morgan fingerprint density at radius 1 is 0.198 bits per heavy atom. The summed E-state index contributed by atoms with van der Waals surface area (Å²) in [6.07, 6.45) is -80.3. The van der Waals surface area contributed by atoms with Crippen LogP contribution < -0.4 is 37.2 Å². The van der Waals surface area contributed by atoms with E-state index in [1.807, 2.05) is 0 Å². The topological polar surface area (TPSA) is 806 Å². The molecular weight excluding hydrogens is 1650 g/mol. The van der Waals surface area contributed by atoms with Crippen LogP contribution in [0.25, 0.3) is 0 Å². The van der Waals surface area contributed by atoms with Gasteiger partial charge in [-0.3, -0.25) is 33.6 Å². The smallest absolute Gasteiger partial charge is 0.217 e. The van der Waals surface area contributed by atoms with E-state index in [0.29, 0.717) is 0 Å². The minimum absolute atomic E-state index is 0.792. The average Bonchev–Trinajstić information content (AvgIpc) is 0.747. The molecule has 9 saturated heterocycles. The molecule has 0 spiro atoms. The number of rotatable bonds is 32. The molecule has 696 valence electrons. The van der Waals surface area contributed by atoms with Crippen LogP contribution in [0.15, 0.2) is 0 Å². The summed E-state index contributed by atoms with van der Waals surface area (Å²) in [5.74, 6) is -6.37. The number of nitrogens with one attached hydrogen (secondary N) is 7. The summed E-state index contributed by atoms with van der Waals surface area (Å²) >= 11 is 0. The number of aliphatic hydroxyl groups excluding tert-OH is 22. The van der Waals surface area contributed by atoms with Gasteiger partial charge < -0.3 is 230 Å². The molecule has 45 atom stereocenters. The first kappa shape index (κ1) is 99.5. The largest absolute Gasteiger partial charge is 0.394 e. The van der Waals surface area contributed by atoms with E-state index in [9.17, 15) is 146 Å². The zero-order chi connectivity index (χ0) is 89.4. The Hall–Kier alpha value is -5.27. The molecule has 0 aliphatic carbocycles. The van der Waals surface area contributed by atoms with Crippen LogP contribution in [0.3, 0.4) is 0 Å². The minimum Gasteiger partial charge on any atom is -0.394 e. The number of carbonyl (C=O) groups excluding carboxylic acids is 7. The molecule has 9 fully saturated rings. The number of amides is 7. The van der Waals surface area contributed by atoms with Gasteiger partial charge in [-0.05, 0) is 0 Å². The van der Waals surface area contributed by atoms with E-state index in [2.05, 4.69) is 37.2 Å². The Balaban J connectivity index is 1.15. The zero-order valence-corrected chi connectivity index (χ0v) is 66.0. The molecule has 0 aromatic heterocycles. The Labute approximate surface area is 687 Å². The van der Waals surface area contributed by atoms with Crippen molar-refractivity contribution in [3.8, 4) is 0 Å². The number of hydrogen-bond donors (Lipinski definition) is 29. The summed E-state index contributed by atoms with van der Waals surface area (Å²) in [6, 6.07) is -13.1. The predicted molar refractivity (Wildman–Crippen MR) is 378 cm³/mol. The molecular formula is C68H113N7O46. The van der Waals surface area contributed by atoms with E-state index >= 15 is 0 Å². The van der Waals surface area contributed by atoms with E-state index in [0.717, 1.165) is 48.5 Å². The Morgan fingerprint density at radius 2 is 0.388 bits per heavy atom. The van der Waals surface area contributed by atoms with Crippen molar-refractivity contribution in [2.45, 2.75) is 324 Å². The van der Waals surface area contributed by atoms with Gasteiger partial charge in [0.1, 0.15) is 219 Å². The second-order valence-corrected chi connectivity index (χ2v) is 30.3. The highest BCUT2D eigenvalue weighted by molar-refractivity contribution is 5.75. The van der Waals surface area contributed by atoms with Crippen molar-refractivity contribution < 1.29 is 226 Å². The van der Waals surface area contributed by atoms with E-state index in [-0.39, 0.29) is 0 Å². The maximum Gasteiger partial charge on any atom is 0.217 e. The fraction of sp³-hybridized carbons (Fsp3) is 0.897. The third-order valence-corrected chi connectivity index (χ3v) is 21.6. The minimum atomic E-state index is -2.67. The van der Waals surface area contributed by atoms with Crippen molar-refractivity contribution in [3.63, 3.8) is 0 Å². The van der Waals surface area contributed by atoms with Gasteiger partial charge in [-0.2, -0.15) is 0 Å². The fourth-order valence-electron chi connectivity index (χ4n) is 15.8. The summed E-state index contributed by atoms with van der Waals surface area (Å²) < 4.78 is 104. The molecule has 9 rings (SSSR count). The first-order valence-corrected chi connectivity index (χ1v) is 38.6. The molecule has 9 aliphatic rings. The van der Waals surface area contributed by atoms with Gasteiger partial charge in [0, 0.05) is 48.5 Å². The fourth-order valence-corrected chi connectivity index (χ4v) is 15.8. The Morgan fingerprint density at radius 3 is 0.669 bits per heavy atom. The molecule has 0 saturated carbocycles. The highest BCUT2D eigenvalue weighted by Gasteiger charge is 2.63. The number of carbonyl (C=O) groups is 7. The van der Waals surface area contributed by atoms with Crippen LogP contribution in [0.5, 0.6) is 0 Å². The van der Waals surface area contributed by atoms with Gasteiger partial charge in [0.15, 0.2) is 56.6 Å². The van der Waals surface area contributed by atoms with Crippen molar-refractivity contribution in [2.75, 3.05) is 59.5 Å². The van der Waals surface area contributed by atoms with Crippen molar-refractivity contribution in [1.29, 1.82) is 0 Å². The standard InChI is InChI=1S/C68H113N7O46/c1-17(85)69-33-46(98)52(27(11-79)105-60(33)104)114-64-38(74-22(6)90)49(101)55(30(14-82)110-64)118-67-51(103)58(57(32(16-84)112-67)119-63-36(72-20(4)88)45(97)42(94)26(10-78)108-63)120-68-59(121-66-39(75-23(7)91)48(100)54(29(13-81)111-66)116-62-35(71-19(3)87)44(96)41(93)25(9-77)107-62)50(102)56(31(15-83)113-68)117-65-37(73-21(5)89)47(99)53(28(12-80)109-65)115-61-34(70-18(2)86)43(95)40(92)24(8-76)106-61/h24-68,76-84,92-104H,8-16H2,1-7H3,(H,69,85)(H,70,86)(H,71,87)(H,72,88)(H,73,89)(H,74,90)(H,75,91)/t24-,25-,26-,27-,28-,29-,30-,31-,32-,33-,34-,35-,36-,37-,38-,39-,40+,41+,42-,43-,44-,45-,46-,47-,48-,49-,50+,51+,52-,53-,54-,55-,56-,57-,58-,59+,60?,61+,62+,63+,64+,65+,66+,67+,68-/m1/s1. The molecule has 0 radical (unpaired) electrons. The lowest BCUT2D eigenvalue weighted by molar-refractivity contribution is -0.411. The van der Waals surface area contributed by atoms with Gasteiger partial charge in [0.2, 0.25) is 41.4 Å². The van der Waals surface area contributed by atoms with Gasteiger partial charge >= 0.3 is 0 Å². The van der Waals surface area contributed by atoms with E-state index in [4.69, 9.17) is 80.5 Å². The van der Waals surface area contributed by atoms with Gasteiger partial charge in [0.05, 0.1) is 59.5 Å². The second-order valence-electron chi connectivity index (χ2n) is 30.3. The lowest BCUT2D eigenvalue weighted by atomic mass is 9.93. The van der Waals surface area contributed by atoms with Crippen LogP contribution in [0, 0.1) is 0 Å². The molecule has 7 amide bonds. The third kappa shape index (κ3) is 22.8. The van der Waals surface area contributed by atoms with Crippen molar-refractivity contribution in [2.24, 2.45) is 0 Å². The molecule has 1 unspecified atom stereocenters. The van der Waals surface area contributed by atoms with Crippen molar-refractivity contribution in [3.05, 3.63) is 0 Å². The van der Waals surface area contributed by atoms with Gasteiger partial charge in [-0.1, -0.05) is 0 Å². The lowest BCUT2D eigenvalue weighted by Crippen LogP contribution is -2.72. The molecule has 0 bridgehead atoms. The monoisotopic (exact) mass is 1760 g/mol. The summed E-state index contributed by atoms with van der Waals surface area (Å²) in [5, 5.41) is 266. The maximum absolute atomic E-state index is 13.5. The maximum atomic E-state index is 13.5. The number of aliphatic hydroxyl groups is 22. The first-order chi connectivity index (χ1) is 57.2. The molecule has 0 aromatic rings. The van der Waals surface area contributed by atoms with Gasteiger partial charge in [0.25, 0.3) is 0 Å². The van der Waals surface area contributed by atoms with Crippen LogP contribution in [-0.4, -0.2) is 489 Å². The van der Waals surface area contributed by atoms with Gasteiger partial charge in [-0.15, -0.1) is 0 Å². The summed E-state index contributed by atoms with van der Waals surface area (Å²) in [7, 11) is 0. The number of ether oxygens (including phenoxy) is 17. The highest BCUT2D eigenvalue weighted by Crippen LogP contribution is 2.42. The second kappa shape index (κ2) is 44.0. The molecule has 9 aliphatic heterocycles. The summed E-state index contributed by atoms with van der Waals surface area (Å²) in [5.41, 5.74) is 0. The van der Waals surface area contributed by atoms with Gasteiger partial charge in [-0.25, -0.2) is 0 Å². The van der Waals surface area contributed by atoms with Crippen molar-refractivity contribution >= 4 is 41.4 Å². The lowest BCUT2D eigenvalue weighted by Gasteiger charge is -2.53. The molecule has 53 heteroatoms. The van der Waals surface area contributed by atoms with Crippen LogP contribution in [0.1, 0.15) is 48.5 Å². The van der Waals surface area contributed by atoms with E-state index < -0.39 is 377 Å². The molecule has 0 aromatic carbocycles. The average molecular weight is 1760 g/mol. The quantitative estimate of drug-likeness (QED) is 0.0297. The first-order valence-electron chi connectivity index (χ1n) is 38.6. The molecule has 121 heavy (non-hydrogen) atoms. The predicted octanol–water partition coefficient (Wildman–Crippen LogP) is -19.6. The highest BCUT2D eigenvalue weighted by atomic mass is 16.8. The SMILES string of the molecule is CC(=O)N[C@H]1[C@H](O[C@H]2[C@H](O)[C@@H](NC(C)=O)C(O)O[C@@H]2CO)O[C@H](CO)[C@@H](O[C@@H]2O[C@H](CO)[C@@H](O[C@@H]3O[C@H](CO)[C@@H](O)[C@H](O)[C@H]3NC(C)=O)[C@H](O[C@H]3O[C@H](CO)[C@@H](O[C@@H]4O[C@H](CO)[C@@H](O[C@@H]5O[C@H](CO)[C@H](O)[C@H](O)[C@H]5NC(C)=O)[C@H](O)[C@H]4NC(C)=O)[C@H](O)[C@@H]3O[C@@H]3O[C@H](CO)[C@@H](O[C@@H]4O[C@H](CO)[C@H](O)[C@H](O)[C@H]4NC(C)=O)[C@H](O)[C@H]3NC(C)=O)[C@@H]2O)[C@@H]1O. The zero-order valence-electron chi connectivity index (χ0n) is 66.0. The van der Waals surface area contributed by atoms with Crippen LogP contribution in [0.4, 0.5) is 0 Å². The van der Waals surface area contributed by atoms with Crippen LogP contribution in [0.2, 0.25) is 0 Å². The van der Waals surface area contributed by atoms with Crippen LogP contribution in [-0.2, 0) is 114 Å². The Bertz CT molecular complexity index is 3360. The van der Waals surface area contributed by atoms with E-state index in [1.165, 1.54) is 0 Å². The number of hydrogen-bond acceptors (Lipinski definition) is 46. The normalized spacial score (nSPS) is 46.0. The third-order valence-electron chi connectivity index (χ3n) is 21.6. The Kier molecular flexibility index (Phi) is 36.2. The van der Waals surface area contributed by atoms with Crippen molar-refractivity contribution in [1.82, 2.24) is 37.2 Å². The van der Waals surface area contributed by atoms with E-state index in [1.54, 1.807) is 0 Å². The van der Waals surface area contributed by atoms with Crippen LogP contribution >= 0.6 is 0 Å². The molecule has 53 nitrogen and oxygen atoms in total. The summed E-state index contributed by atoms with van der Waals surface area (Å²) in [4.78, 5) is 89.9. The summed E-state index contributed by atoms with van der Waals surface area (Å²) in [6.45, 7) is -3.68.